The summed E-state index contributed by atoms with van der Waals surface area (Å²) in [5.41, 5.74) is 0.899. The average Bonchev–Trinajstić information content (AvgIpc) is 2.99. The summed E-state index contributed by atoms with van der Waals surface area (Å²) in [6.45, 7) is 6.83. The normalized spacial score (nSPS) is 21.8. The third kappa shape index (κ3) is 4.18. The molecule has 2 aliphatic heterocycles. The van der Waals surface area contributed by atoms with Crippen LogP contribution in [0.2, 0.25) is 0 Å². The molecular weight excluding hydrogens is 330 g/mol. The minimum Gasteiger partial charge on any atom is -0.381 e. The Labute approximate surface area is 155 Å². The molecule has 6 nitrogen and oxygen atoms in total. The van der Waals surface area contributed by atoms with Gasteiger partial charge in [-0.1, -0.05) is 30.3 Å². The molecule has 0 aromatic heterocycles. The summed E-state index contributed by atoms with van der Waals surface area (Å²) in [5.74, 6) is -0.114. The molecule has 26 heavy (non-hydrogen) atoms. The molecule has 0 aliphatic carbocycles. The van der Waals surface area contributed by atoms with Crippen LogP contribution in [0, 0.1) is 11.3 Å². The smallest absolute Gasteiger partial charge is 0.317 e. The fraction of sp³-hybridized carbons (Fsp3) is 0.600. The molecule has 1 spiro atoms. The highest BCUT2D eigenvalue weighted by atomic mass is 16.5. The molecule has 3 rings (SSSR count). The van der Waals surface area contributed by atoms with Crippen LogP contribution in [-0.2, 0) is 16.1 Å². The number of hydrogen-bond acceptors (Lipinski definition) is 3. The summed E-state index contributed by atoms with van der Waals surface area (Å²) in [6, 6.07) is 9.85. The quantitative estimate of drug-likeness (QED) is 0.865. The first kappa shape index (κ1) is 18.7. The van der Waals surface area contributed by atoms with Crippen molar-refractivity contribution in [1.82, 2.24) is 15.5 Å². The first-order valence-electron chi connectivity index (χ1n) is 9.45. The van der Waals surface area contributed by atoms with Gasteiger partial charge >= 0.3 is 6.03 Å². The molecule has 2 fully saturated rings. The van der Waals surface area contributed by atoms with E-state index in [0.29, 0.717) is 32.8 Å². The van der Waals surface area contributed by atoms with E-state index < -0.39 is 0 Å². The number of rotatable bonds is 4. The van der Waals surface area contributed by atoms with E-state index in [-0.39, 0.29) is 29.3 Å². The van der Waals surface area contributed by atoms with Crippen molar-refractivity contribution in [2.75, 3.05) is 26.3 Å². The summed E-state index contributed by atoms with van der Waals surface area (Å²) in [6.07, 6.45) is 1.65. The van der Waals surface area contributed by atoms with Crippen LogP contribution in [0.5, 0.6) is 0 Å². The molecule has 1 aromatic rings. The van der Waals surface area contributed by atoms with E-state index in [2.05, 4.69) is 10.6 Å². The van der Waals surface area contributed by atoms with Crippen LogP contribution in [0.4, 0.5) is 4.79 Å². The molecule has 0 radical (unpaired) electrons. The van der Waals surface area contributed by atoms with Gasteiger partial charge in [-0.05, 0) is 32.3 Å². The average molecular weight is 359 g/mol. The maximum absolute atomic E-state index is 12.8. The molecule has 2 heterocycles. The minimum absolute atomic E-state index is 0.0558. The van der Waals surface area contributed by atoms with E-state index in [4.69, 9.17) is 4.74 Å². The van der Waals surface area contributed by atoms with Crippen molar-refractivity contribution in [3.8, 4) is 0 Å². The van der Waals surface area contributed by atoms with Gasteiger partial charge in [-0.15, -0.1) is 0 Å². The Morgan fingerprint density at radius 3 is 2.58 bits per heavy atom. The van der Waals surface area contributed by atoms with Gasteiger partial charge in [0.1, 0.15) is 0 Å². The van der Waals surface area contributed by atoms with Gasteiger partial charge in [0.25, 0.3) is 0 Å². The highest BCUT2D eigenvalue weighted by Crippen LogP contribution is 2.44. The van der Waals surface area contributed by atoms with Crippen LogP contribution in [0.3, 0.4) is 0 Å². The fourth-order valence-electron chi connectivity index (χ4n) is 4.04. The molecule has 0 bridgehead atoms. The highest BCUT2D eigenvalue weighted by Gasteiger charge is 2.51. The number of benzene rings is 1. The van der Waals surface area contributed by atoms with Crippen molar-refractivity contribution < 1.29 is 14.3 Å². The Balaban J connectivity index is 1.67. The zero-order valence-corrected chi connectivity index (χ0v) is 15.7. The maximum Gasteiger partial charge on any atom is 0.317 e. The minimum atomic E-state index is -0.170. The number of nitrogens with zero attached hydrogens (tertiary/aromatic N) is 1. The molecule has 1 aromatic carbocycles. The maximum atomic E-state index is 12.8. The Bertz CT molecular complexity index is 626. The Morgan fingerprint density at radius 2 is 1.92 bits per heavy atom. The largest absolute Gasteiger partial charge is 0.381 e. The van der Waals surface area contributed by atoms with Crippen molar-refractivity contribution in [3.05, 3.63) is 35.9 Å². The van der Waals surface area contributed by atoms with Crippen molar-refractivity contribution in [2.24, 2.45) is 11.3 Å². The van der Waals surface area contributed by atoms with Gasteiger partial charge in [-0.3, -0.25) is 4.79 Å². The molecule has 0 saturated carbocycles. The van der Waals surface area contributed by atoms with E-state index in [1.165, 1.54) is 0 Å². The van der Waals surface area contributed by atoms with Gasteiger partial charge in [0.2, 0.25) is 5.91 Å². The second-order valence-corrected chi connectivity index (χ2v) is 7.72. The first-order chi connectivity index (χ1) is 12.5. The summed E-state index contributed by atoms with van der Waals surface area (Å²) >= 11 is 0. The zero-order valence-electron chi connectivity index (χ0n) is 15.7. The van der Waals surface area contributed by atoms with E-state index in [9.17, 15) is 9.59 Å². The number of carbonyl (C=O) groups excluding carboxylic acids is 2. The topological polar surface area (TPSA) is 70.7 Å². The van der Waals surface area contributed by atoms with E-state index in [0.717, 1.165) is 18.4 Å². The number of nitrogens with one attached hydrogen (secondary N) is 2. The lowest BCUT2D eigenvalue weighted by atomic mass is 9.71. The fourth-order valence-corrected chi connectivity index (χ4v) is 4.04. The first-order valence-corrected chi connectivity index (χ1v) is 9.45. The van der Waals surface area contributed by atoms with Crippen LogP contribution in [-0.4, -0.2) is 49.2 Å². The number of ether oxygens (including phenoxy) is 1. The number of urea groups is 1. The molecular formula is C20H29N3O3. The monoisotopic (exact) mass is 359 g/mol. The third-order valence-corrected chi connectivity index (χ3v) is 5.46. The summed E-state index contributed by atoms with van der Waals surface area (Å²) < 4.78 is 5.52. The van der Waals surface area contributed by atoms with Gasteiger partial charge in [-0.2, -0.15) is 0 Å². The van der Waals surface area contributed by atoms with Crippen LogP contribution < -0.4 is 10.6 Å². The van der Waals surface area contributed by atoms with E-state index in [1.807, 2.05) is 44.2 Å². The second kappa shape index (κ2) is 8.08. The predicted octanol–water partition coefficient (Wildman–Crippen LogP) is 2.15. The summed E-state index contributed by atoms with van der Waals surface area (Å²) in [7, 11) is 0. The van der Waals surface area contributed by atoms with Gasteiger partial charge in [-0.25, -0.2) is 4.79 Å². The Kier molecular flexibility index (Phi) is 5.81. The molecule has 0 unspecified atom stereocenters. The van der Waals surface area contributed by atoms with Gasteiger partial charge < -0.3 is 20.3 Å². The van der Waals surface area contributed by atoms with Gasteiger partial charge in [0, 0.05) is 44.3 Å². The SMILES string of the molecule is CC(C)NC(=O)[C@@H]1CN(C(=O)NCc2ccccc2)CC12CCOCC2. The molecule has 2 N–H and O–H groups in total. The molecule has 1 atom stereocenters. The standard InChI is InChI=1S/C20H29N3O3/c1-15(2)22-18(24)17-13-23(14-20(17)8-10-26-11-9-20)19(25)21-12-16-6-4-3-5-7-16/h3-7,15,17H,8-14H2,1-2H3,(H,21,25)(H,22,24)/t17-/m0/s1. The van der Waals surface area contributed by atoms with Crippen molar-refractivity contribution in [1.29, 1.82) is 0 Å². The van der Waals surface area contributed by atoms with Crippen molar-refractivity contribution in [3.63, 3.8) is 0 Å². The predicted molar refractivity (Wildman–Crippen MR) is 99.5 cm³/mol. The molecule has 6 heteroatoms. The van der Waals surface area contributed by atoms with E-state index in [1.54, 1.807) is 4.90 Å². The third-order valence-electron chi connectivity index (χ3n) is 5.46. The zero-order chi connectivity index (χ0) is 18.6. The number of carbonyl (C=O) groups is 2. The lowest BCUT2D eigenvalue weighted by Crippen LogP contribution is -2.46. The highest BCUT2D eigenvalue weighted by molar-refractivity contribution is 5.83. The van der Waals surface area contributed by atoms with Crippen LogP contribution >= 0.6 is 0 Å². The van der Waals surface area contributed by atoms with Crippen LogP contribution in [0.25, 0.3) is 0 Å². The Morgan fingerprint density at radius 1 is 1.23 bits per heavy atom. The number of likely N-dealkylation sites (tertiary alicyclic amines) is 1. The molecule has 2 aliphatic rings. The van der Waals surface area contributed by atoms with Gasteiger partial charge in [0.15, 0.2) is 0 Å². The lowest BCUT2D eigenvalue weighted by Gasteiger charge is -2.37. The lowest BCUT2D eigenvalue weighted by molar-refractivity contribution is -0.130. The molecule has 2 saturated heterocycles. The molecule has 142 valence electrons. The summed E-state index contributed by atoms with van der Waals surface area (Å²) in [5, 5.41) is 6.02. The number of hydrogen-bond donors (Lipinski definition) is 2. The second-order valence-electron chi connectivity index (χ2n) is 7.72. The van der Waals surface area contributed by atoms with Crippen molar-refractivity contribution >= 4 is 11.9 Å². The van der Waals surface area contributed by atoms with Gasteiger partial charge in [0.05, 0.1) is 5.92 Å². The Hall–Kier alpha value is -2.08. The summed E-state index contributed by atoms with van der Waals surface area (Å²) in [4.78, 5) is 27.3. The van der Waals surface area contributed by atoms with Crippen LogP contribution in [0.1, 0.15) is 32.3 Å². The van der Waals surface area contributed by atoms with E-state index >= 15 is 0 Å². The van der Waals surface area contributed by atoms with Crippen LogP contribution in [0.15, 0.2) is 30.3 Å². The molecule has 3 amide bonds. The van der Waals surface area contributed by atoms with Crippen molar-refractivity contribution in [2.45, 2.75) is 39.3 Å². The number of amides is 3.